The van der Waals surface area contributed by atoms with E-state index in [1.165, 1.54) is 11.3 Å². The number of thiophene rings is 1. The quantitative estimate of drug-likeness (QED) is 0.947. The van der Waals surface area contributed by atoms with E-state index >= 15 is 0 Å². The van der Waals surface area contributed by atoms with Crippen molar-refractivity contribution in [3.05, 3.63) is 51.7 Å². The number of hydrogen-bond acceptors (Lipinski definition) is 4. The van der Waals surface area contributed by atoms with Crippen LogP contribution in [0, 0.1) is 6.92 Å². The van der Waals surface area contributed by atoms with Gasteiger partial charge in [-0.2, -0.15) is 0 Å². The molecule has 3 rings (SSSR count). The Bertz CT molecular complexity index is 668. The summed E-state index contributed by atoms with van der Waals surface area (Å²) in [5, 5.41) is 5.36. The number of carbonyl (C=O) groups excluding carboxylic acids is 1. The first-order valence-corrected chi connectivity index (χ1v) is 8.29. The van der Waals surface area contributed by atoms with Crippen molar-refractivity contribution in [2.75, 3.05) is 26.7 Å². The molecule has 2 aromatic rings. The van der Waals surface area contributed by atoms with Crippen LogP contribution in [0.25, 0.3) is 0 Å². The van der Waals surface area contributed by atoms with Gasteiger partial charge in [-0.15, -0.1) is 11.3 Å². The highest BCUT2D eigenvalue weighted by Gasteiger charge is 2.31. The van der Waals surface area contributed by atoms with Gasteiger partial charge in [-0.25, -0.2) is 0 Å². The molecule has 1 N–H and O–H groups in total. The monoisotopic (exact) mass is 316 g/mol. The summed E-state index contributed by atoms with van der Waals surface area (Å²) in [6.45, 7) is 4.27. The van der Waals surface area contributed by atoms with E-state index in [0.29, 0.717) is 6.54 Å². The van der Waals surface area contributed by atoms with Gasteiger partial charge in [0.25, 0.3) is 5.91 Å². The van der Waals surface area contributed by atoms with Crippen LogP contribution >= 0.6 is 11.3 Å². The smallest absolute Gasteiger partial charge is 0.264 e. The number of hydrogen-bond donors (Lipinski definition) is 1. The van der Waals surface area contributed by atoms with Crippen molar-refractivity contribution in [3.8, 4) is 5.75 Å². The normalized spacial score (nSPS) is 18.3. The summed E-state index contributed by atoms with van der Waals surface area (Å²) in [7, 11) is 1.67. The molecule has 0 radical (unpaired) electrons. The third-order valence-electron chi connectivity index (χ3n) is 4.06. The maximum absolute atomic E-state index is 12.9. The SMILES string of the molecule is COc1ccccc1C1CNCCN1C(=O)c1sccc1C. The Hall–Kier alpha value is -1.85. The predicted molar refractivity (Wildman–Crippen MR) is 88.7 cm³/mol. The second-order valence-corrected chi connectivity index (χ2v) is 6.31. The van der Waals surface area contributed by atoms with Crippen LogP contribution in [0.1, 0.15) is 26.8 Å². The van der Waals surface area contributed by atoms with Crippen molar-refractivity contribution in [1.29, 1.82) is 0 Å². The number of nitrogens with one attached hydrogen (secondary N) is 1. The van der Waals surface area contributed by atoms with Gasteiger partial charge in [-0.1, -0.05) is 18.2 Å². The first kappa shape index (κ1) is 15.1. The van der Waals surface area contributed by atoms with Crippen LogP contribution in [-0.2, 0) is 0 Å². The first-order valence-electron chi connectivity index (χ1n) is 7.41. The fourth-order valence-electron chi connectivity index (χ4n) is 2.89. The number of amides is 1. The van der Waals surface area contributed by atoms with Crippen molar-refractivity contribution < 1.29 is 9.53 Å². The number of benzene rings is 1. The molecular weight excluding hydrogens is 296 g/mol. The molecular formula is C17H20N2O2S. The average molecular weight is 316 g/mol. The van der Waals surface area contributed by atoms with E-state index < -0.39 is 0 Å². The van der Waals surface area contributed by atoms with E-state index in [-0.39, 0.29) is 11.9 Å². The molecule has 1 atom stereocenters. The molecule has 0 bridgehead atoms. The highest BCUT2D eigenvalue weighted by Crippen LogP contribution is 2.32. The van der Waals surface area contributed by atoms with Crippen molar-refractivity contribution in [2.45, 2.75) is 13.0 Å². The van der Waals surface area contributed by atoms with Gasteiger partial charge in [0.05, 0.1) is 18.0 Å². The molecule has 1 aliphatic heterocycles. The van der Waals surface area contributed by atoms with E-state index in [1.54, 1.807) is 7.11 Å². The van der Waals surface area contributed by atoms with Gasteiger partial charge in [-0.05, 0) is 30.0 Å². The average Bonchev–Trinajstić information content (AvgIpc) is 3.00. The van der Waals surface area contributed by atoms with Crippen molar-refractivity contribution in [2.24, 2.45) is 0 Å². The van der Waals surface area contributed by atoms with E-state index in [0.717, 1.165) is 34.8 Å². The van der Waals surface area contributed by atoms with E-state index in [2.05, 4.69) is 5.32 Å². The molecule has 1 aliphatic rings. The third kappa shape index (κ3) is 2.74. The number of methoxy groups -OCH3 is 1. The molecule has 0 spiro atoms. The van der Waals surface area contributed by atoms with Crippen LogP contribution in [0.2, 0.25) is 0 Å². The molecule has 0 aliphatic carbocycles. The predicted octanol–water partition coefficient (Wildman–Crippen LogP) is 2.85. The zero-order valence-electron chi connectivity index (χ0n) is 12.8. The number of nitrogens with zero attached hydrogens (tertiary/aromatic N) is 1. The Morgan fingerprint density at radius 2 is 2.18 bits per heavy atom. The Kier molecular flexibility index (Phi) is 4.45. The van der Waals surface area contributed by atoms with Gasteiger partial charge < -0.3 is 15.0 Å². The molecule has 1 aromatic carbocycles. The highest BCUT2D eigenvalue weighted by atomic mass is 32.1. The molecule has 1 saturated heterocycles. The molecule has 22 heavy (non-hydrogen) atoms. The zero-order chi connectivity index (χ0) is 15.5. The molecule has 2 heterocycles. The second-order valence-electron chi connectivity index (χ2n) is 5.39. The number of para-hydroxylation sites is 1. The van der Waals surface area contributed by atoms with Gasteiger partial charge in [0, 0.05) is 25.2 Å². The summed E-state index contributed by atoms with van der Waals surface area (Å²) in [6, 6.07) is 9.93. The minimum absolute atomic E-state index is 0.00102. The van der Waals surface area contributed by atoms with E-state index in [1.807, 2.05) is 47.5 Å². The Labute approximate surface area is 134 Å². The molecule has 4 nitrogen and oxygen atoms in total. The molecule has 1 unspecified atom stereocenters. The van der Waals surface area contributed by atoms with E-state index in [9.17, 15) is 4.79 Å². The Morgan fingerprint density at radius 1 is 1.36 bits per heavy atom. The van der Waals surface area contributed by atoms with Crippen molar-refractivity contribution in [1.82, 2.24) is 10.2 Å². The molecule has 1 amide bonds. The number of ether oxygens (including phenoxy) is 1. The van der Waals surface area contributed by atoms with E-state index in [4.69, 9.17) is 4.74 Å². The fourth-order valence-corrected chi connectivity index (χ4v) is 3.77. The summed E-state index contributed by atoms with van der Waals surface area (Å²) >= 11 is 1.52. The maximum atomic E-state index is 12.9. The summed E-state index contributed by atoms with van der Waals surface area (Å²) < 4.78 is 5.48. The molecule has 1 fully saturated rings. The minimum atomic E-state index is -0.00102. The van der Waals surface area contributed by atoms with Gasteiger partial charge >= 0.3 is 0 Å². The zero-order valence-corrected chi connectivity index (χ0v) is 13.7. The van der Waals surface area contributed by atoms with Crippen LogP contribution < -0.4 is 10.1 Å². The molecule has 116 valence electrons. The fraction of sp³-hybridized carbons (Fsp3) is 0.353. The summed E-state index contributed by atoms with van der Waals surface area (Å²) in [6.07, 6.45) is 0. The van der Waals surface area contributed by atoms with Crippen molar-refractivity contribution in [3.63, 3.8) is 0 Å². The first-order chi connectivity index (χ1) is 10.7. The maximum Gasteiger partial charge on any atom is 0.264 e. The largest absolute Gasteiger partial charge is 0.496 e. The number of piperazine rings is 1. The Morgan fingerprint density at radius 3 is 2.91 bits per heavy atom. The third-order valence-corrected chi connectivity index (χ3v) is 5.06. The van der Waals surface area contributed by atoms with Gasteiger partial charge in [0.15, 0.2) is 0 Å². The molecule has 5 heteroatoms. The lowest BCUT2D eigenvalue weighted by atomic mass is 10.0. The van der Waals surface area contributed by atoms with Crippen LogP contribution in [-0.4, -0.2) is 37.6 Å². The number of carbonyl (C=O) groups is 1. The number of aryl methyl sites for hydroxylation is 1. The molecule has 1 aromatic heterocycles. The van der Waals surface area contributed by atoms with Crippen LogP contribution in [0.5, 0.6) is 5.75 Å². The summed E-state index contributed by atoms with van der Waals surface area (Å²) in [5.74, 6) is 0.946. The van der Waals surface area contributed by atoms with Crippen LogP contribution in [0.4, 0.5) is 0 Å². The van der Waals surface area contributed by atoms with Crippen molar-refractivity contribution >= 4 is 17.2 Å². The van der Waals surface area contributed by atoms with Gasteiger partial charge in [0.2, 0.25) is 0 Å². The lowest BCUT2D eigenvalue weighted by molar-refractivity contribution is 0.0636. The van der Waals surface area contributed by atoms with Gasteiger partial charge in [-0.3, -0.25) is 4.79 Å². The topological polar surface area (TPSA) is 41.6 Å². The number of rotatable bonds is 3. The summed E-state index contributed by atoms with van der Waals surface area (Å²) in [5.41, 5.74) is 2.10. The van der Waals surface area contributed by atoms with Crippen LogP contribution in [0.3, 0.4) is 0 Å². The van der Waals surface area contributed by atoms with Crippen LogP contribution in [0.15, 0.2) is 35.7 Å². The minimum Gasteiger partial charge on any atom is -0.496 e. The highest BCUT2D eigenvalue weighted by molar-refractivity contribution is 7.12. The standard InChI is InChI=1S/C17H20N2O2S/c1-12-7-10-22-16(12)17(20)19-9-8-18-11-14(19)13-5-3-4-6-15(13)21-2/h3-7,10,14,18H,8-9,11H2,1-2H3. The lowest BCUT2D eigenvalue weighted by Gasteiger charge is -2.37. The molecule has 0 saturated carbocycles. The Balaban J connectivity index is 1.95. The lowest BCUT2D eigenvalue weighted by Crippen LogP contribution is -2.48. The second kappa shape index (κ2) is 6.50. The van der Waals surface area contributed by atoms with Gasteiger partial charge in [0.1, 0.15) is 5.75 Å². The summed E-state index contributed by atoms with van der Waals surface area (Å²) in [4.78, 5) is 15.7.